The number of hydrogen-bond acceptors (Lipinski definition) is 2. The molecule has 2 rings (SSSR count). The normalized spacial score (nSPS) is 12.8. The molecule has 0 spiro atoms. The summed E-state index contributed by atoms with van der Waals surface area (Å²) in [5.41, 5.74) is 3.10. The fourth-order valence-corrected chi connectivity index (χ4v) is 3.53. The lowest BCUT2D eigenvalue weighted by Crippen LogP contribution is -2.01. The number of benzene rings is 1. The minimum atomic E-state index is -0.524. The summed E-state index contributed by atoms with van der Waals surface area (Å²) < 4.78 is 1.06. The van der Waals surface area contributed by atoms with Crippen LogP contribution in [-0.2, 0) is 0 Å². The van der Waals surface area contributed by atoms with E-state index < -0.39 is 6.10 Å². The molecule has 2 aromatic rings. The molecule has 84 valence electrons. The van der Waals surface area contributed by atoms with Crippen LogP contribution in [-0.4, -0.2) is 5.11 Å². The van der Waals surface area contributed by atoms with E-state index in [0.717, 1.165) is 25.4 Å². The number of aliphatic hydroxyl groups is 1. The van der Waals surface area contributed by atoms with Crippen molar-refractivity contribution in [3.63, 3.8) is 0 Å². The molecule has 0 aliphatic heterocycles. The van der Waals surface area contributed by atoms with Gasteiger partial charge in [-0.2, -0.15) is 0 Å². The Labute approximate surface area is 108 Å². The number of hydrogen-bond donors (Lipinski definition) is 1. The number of halogens is 1. The van der Waals surface area contributed by atoms with E-state index in [1.165, 1.54) is 0 Å². The van der Waals surface area contributed by atoms with Gasteiger partial charge in [-0.25, -0.2) is 0 Å². The minimum absolute atomic E-state index is 0.524. The fraction of sp³-hybridized carbons (Fsp3) is 0.231. The second-order valence-electron chi connectivity index (χ2n) is 3.82. The van der Waals surface area contributed by atoms with E-state index in [4.69, 9.17) is 0 Å². The Hall–Kier alpha value is -0.640. The largest absolute Gasteiger partial charge is 0.384 e. The van der Waals surface area contributed by atoms with Crippen LogP contribution in [0.2, 0.25) is 0 Å². The highest BCUT2D eigenvalue weighted by molar-refractivity contribution is 9.11. The quantitative estimate of drug-likeness (QED) is 0.880. The van der Waals surface area contributed by atoms with Crippen molar-refractivity contribution in [2.45, 2.75) is 20.0 Å². The summed E-state index contributed by atoms with van der Waals surface area (Å²) in [4.78, 5) is 1.16. The molecule has 1 heterocycles. The zero-order valence-electron chi connectivity index (χ0n) is 9.20. The average molecular weight is 297 g/mol. The second kappa shape index (κ2) is 4.70. The van der Waals surface area contributed by atoms with Crippen molar-refractivity contribution in [1.82, 2.24) is 0 Å². The van der Waals surface area contributed by atoms with E-state index in [-0.39, 0.29) is 0 Å². The zero-order valence-corrected chi connectivity index (χ0v) is 11.6. The first kappa shape index (κ1) is 11.8. The Bertz CT molecular complexity index is 504. The molecule has 1 nitrogen and oxygen atoms in total. The van der Waals surface area contributed by atoms with Crippen molar-refractivity contribution in [2.24, 2.45) is 0 Å². The Balaban J connectivity index is 2.43. The third-order valence-corrected chi connectivity index (χ3v) is 4.27. The van der Waals surface area contributed by atoms with E-state index in [2.05, 4.69) is 15.9 Å². The summed E-state index contributed by atoms with van der Waals surface area (Å²) in [6.07, 6.45) is -0.524. The highest BCUT2D eigenvalue weighted by Gasteiger charge is 2.16. The molecule has 1 aromatic carbocycles. The fourth-order valence-electron chi connectivity index (χ4n) is 1.79. The molecule has 0 saturated carbocycles. The predicted molar refractivity (Wildman–Crippen MR) is 72.0 cm³/mol. The lowest BCUT2D eigenvalue weighted by atomic mass is 9.98. The lowest BCUT2D eigenvalue weighted by molar-refractivity contribution is 0.219. The highest BCUT2D eigenvalue weighted by Crippen LogP contribution is 2.34. The smallest absolute Gasteiger partial charge is 0.105 e. The van der Waals surface area contributed by atoms with Gasteiger partial charge in [-0.1, -0.05) is 24.3 Å². The first-order chi connectivity index (χ1) is 7.59. The van der Waals surface area contributed by atoms with Crippen molar-refractivity contribution < 1.29 is 5.11 Å². The van der Waals surface area contributed by atoms with E-state index in [1.807, 2.05) is 44.2 Å². The number of aryl methyl sites for hydroxylation is 2. The Morgan fingerprint density at radius 3 is 2.44 bits per heavy atom. The average Bonchev–Trinajstić information content (AvgIpc) is 2.58. The summed E-state index contributed by atoms with van der Waals surface area (Å²) in [7, 11) is 0. The molecular weight excluding hydrogens is 284 g/mol. The Kier molecular flexibility index (Phi) is 3.47. The van der Waals surface area contributed by atoms with Gasteiger partial charge in [0.25, 0.3) is 0 Å². The van der Waals surface area contributed by atoms with E-state index in [1.54, 1.807) is 11.3 Å². The van der Waals surface area contributed by atoms with Crippen LogP contribution in [0.3, 0.4) is 0 Å². The molecule has 0 radical (unpaired) electrons. The minimum Gasteiger partial charge on any atom is -0.384 e. The van der Waals surface area contributed by atoms with Crippen LogP contribution in [0.15, 0.2) is 34.1 Å². The molecule has 1 N–H and O–H groups in total. The zero-order chi connectivity index (χ0) is 11.7. The molecule has 0 fully saturated rings. The summed E-state index contributed by atoms with van der Waals surface area (Å²) in [5.74, 6) is 0. The molecular formula is C13H13BrOS. The maximum Gasteiger partial charge on any atom is 0.105 e. The molecule has 1 aromatic heterocycles. The van der Waals surface area contributed by atoms with Crippen molar-refractivity contribution in [2.75, 3.05) is 0 Å². The van der Waals surface area contributed by atoms with Gasteiger partial charge in [0.15, 0.2) is 0 Å². The maximum atomic E-state index is 10.4. The predicted octanol–water partition coefficient (Wildman–Crippen LogP) is 4.21. The van der Waals surface area contributed by atoms with Gasteiger partial charge >= 0.3 is 0 Å². The van der Waals surface area contributed by atoms with Gasteiger partial charge in [0.05, 0.1) is 3.79 Å². The van der Waals surface area contributed by atoms with Gasteiger partial charge in [0.1, 0.15) is 6.10 Å². The Morgan fingerprint density at radius 1 is 1.19 bits per heavy atom. The second-order valence-corrected chi connectivity index (χ2v) is 6.46. The van der Waals surface area contributed by atoms with Crippen LogP contribution in [0.25, 0.3) is 0 Å². The first-order valence-corrected chi connectivity index (χ1v) is 6.70. The van der Waals surface area contributed by atoms with Crippen LogP contribution < -0.4 is 0 Å². The van der Waals surface area contributed by atoms with Crippen LogP contribution in [0, 0.1) is 13.8 Å². The van der Waals surface area contributed by atoms with Crippen molar-refractivity contribution in [1.29, 1.82) is 0 Å². The van der Waals surface area contributed by atoms with Gasteiger partial charge in [-0.3, -0.25) is 0 Å². The molecule has 0 aliphatic rings. The van der Waals surface area contributed by atoms with Crippen molar-refractivity contribution in [3.05, 3.63) is 55.7 Å². The molecule has 0 bridgehead atoms. The van der Waals surface area contributed by atoms with E-state index >= 15 is 0 Å². The molecule has 0 amide bonds. The van der Waals surface area contributed by atoms with Crippen molar-refractivity contribution in [3.8, 4) is 0 Å². The summed E-state index contributed by atoms with van der Waals surface area (Å²) >= 11 is 5.10. The molecule has 0 saturated heterocycles. The molecule has 1 atom stereocenters. The van der Waals surface area contributed by atoms with Crippen LogP contribution in [0.5, 0.6) is 0 Å². The van der Waals surface area contributed by atoms with E-state index in [9.17, 15) is 5.11 Å². The monoisotopic (exact) mass is 296 g/mol. The molecule has 3 heteroatoms. The van der Waals surface area contributed by atoms with E-state index in [0.29, 0.717) is 0 Å². The van der Waals surface area contributed by atoms with Gasteiger partial charge < -0.3 is 5.11 Å². The number of thiophene rings is 1. The maximum absolute atomic E-state index is 10.4. The lowest BCUT2D eigenvalue weighted by Gasteiger charge is -2.13. The molecule has 16 heavy (non-hydrogen) atoms. The SMILES string of the molecule is Cc1ccccc1C(O)c1cc(Br)sc1C. The van der Waals surface area contributed by atoms with Crippen LogP contribution in [0.4, 0.5) is 0 Å². The summed E-state index contributed by atoms with van der Waals surface area (Å²) in [5, 5.41) is 10.4. The molecule has 1 unspecified atom stereocenters. The summed E-state index contributed by atoms with van der Waals surface area (Å²) in [6, 6.07) is 9.95. The molecule has 0 aliphatic carbocycles. The van der Waals surface area contributed by atoms with Gasteiger partial charge in [-0.15, -0.1) is 11.3 Å². The third kappa shape index (κ3) is 2.21. The van der Waals surface area contributed by atoms with Gasteiger partial charge in [0, 0.05) is 4.88 Å². The standard InChI is InChI=1S/C13H13BrOS/c1-8-5-3-4-6-10(8)13(15)11-7-12(14)16-9(11)2/h3-7,13,15H,1-2H3. The topological polar surface area (TPSA) is 20.2 Å². The van der Waals surface area contributed by atoms with Gasteiger partial charge in [0.2, 0.25) is 0 Å². The van der Waals surface area contributed by atoms with Crippen LogP contribution >= 0.6 is 27.3 Å². The Morgan fingerprint density at radius 2 is 1.88 bits per heavy atom. The van der Waals surface area contributed by atoms with Gasteiger partial charge in [-0.05, 0) is 52.5 Å². The first-order valence-electron chi connectivity index (χ1n) is 5.09. The van der Waals surface area contributed by atoms with Crippen LogP contribution in [0.1, 0.15) is 27.7 Å². The highest BCUT2D eigenvalue weighted by atomic mass is 79.9. The van der Waals surface area contributed by atoms with Crippen molar-refractivity contribution >= 4 is 27.3 Å². The number of aliphatic hydroxyl groups excluding tert-OH is 1. The third-order valence-electron chi connectivity index (χ3n) is 2.70. The summed E-state index contributed by atoms with van der Waals surface area (Å²) in [6.45, 7) is 4.06. The number of rotatable bonds is 2.